The third kappa shape index (κ3) is 1.64. The summed E-state index contributed by atoms with van der Waals surface area (Å²) in [7, 11) is -2.92. The average Bonchev–Trinajstić information content (AvgIpc) is 2.63. The van der Waals surface area contributed by atoms with Crippen LogP contribution in [0.25, 0.3) is 0 Å². The van der Waals surface area contributed by atoms with Crippen LogP contribution in [0, 0.1) is 5.92 Å². The molecule has 0 aliphatic heterocycles. The van der Waals surface area contributed by atoms with Crippen molar-refractivity contribution in [2.75, 3.05) is 0 Å². The molecular weight excluding hydrogens is 174 g/mol. The highest BCUT2D eigenvalue weighted by Crippen LogP contribution is 2.31. The van der Waals surface area contributed by atoms with Gasteiger partial charge in [0.05, 0.1) is 5.25 Å². The molecule has 70 valence electrons. The maximum absolute atomic E-state index is 11.4. The molecule has 0 spiro atoms. The highest BCUT2D eigenvalue weighted by atomic mass is 32.2. The van der Waals surface area contributed by atoms with Crippen molar-refractivity contribution in [3.8, 4) is 0 Å². The van der Waals surface area contributed by atoms with Gasteiger partial charge in [-0.3, -0.25) is 0 Å². The Labute approximate surface area is 73.6 Å². The van der Waals surface area contributed by atoms with Crippen molar-refractivity contribution in [2.24, 2.45) is 5.92 Å². The van der Waals surface area contributed by atoms with E-state index in [2.05, 4.69) is 11.6 Å². The van der Waals surface area contributed by atoms with Crippen molar-refractivity contribution in [3.05, 3.63) is 0 Å². The van der Waals surface area contributed by atoms with Gasteiger partial charge in [0.1, 0.15) is 0 Å². The largest absolute Gasteiger partial charge is 0.214 e. The van der Waals surface area contributed by atoms with E-state index in [0.717, 1.165) is 25.7 Å². The van der Waals surface area contributed by atoms with Gasteiger partial charge in [0, 0.05) is 6.04 Å². The number of nitrogens with one attached hydrogen (secondary N) is 1. The summed E-state index contributed by atoms with van der Waals surface area (Å²) >= 11 is 0. The second-order valence-electron chi connectivity index (χ2n) is 4.14. The molecule has 2 aliphatic rings. The van der Waals surface area contributed by atoms with Gasteiger partial charge in [-0.05, 0) is 31.6 Å². The van der Waals surface area contributed by atoms with Crippen LogP contribution in [-0.4, -0.2) is 19.7 Å². The van der Waals surface area contributed by atoms with Crippen LogP contribution >= 0.6 is 0 Å². The van der Waals surface area contributed by atoms with Crippen molar-refractivity contribution in [2.45, 2.75) is 43.9 Å². The van der Waals surface area contributed by atoms with Crippen molar-refractivity contribution in [1.29, 1.82) is 0 Å². The van der Waals surface area contributed by atoms with Gasteiger partial charge in [0.15, 0.2) is 0 Å². The normalized spacial score (nSPS) is 36.1. The summed E-state index contributed by atoms with van der Waals surface area (Å²) in [6.07, 6.45) is 3.76. The van der Waals surface area contributed by atoms with Crippen molar-refractivity contribution < 1.29 is 8.42 Å². The first kappa shape index (κ1) is 8.51. The molecule has 0 bridgehead atoms. The van der Waals surface area contributed by atoms with Crippen LogP contribution in [0.5, 0.6) is 0 Å². The van der Waals surface area contributed by atoms with E-state index in [1.54, 1.807) is 0 Å². The molecule has 12 heavy (non-hydrogen) atoms. The molecule has 0 unspecified atom stereocenters. The molecule has 2 aliphatic carbocycles. The SMILES string of the molecule is CC1CC(NS(=O)(=O)C2CC2)C1. The van der Waals surface area contributed by atoms with Gasteiger partial charge in [-0.1, -0.05) is 6.92 Å². The Morgan fingerprint density at radius 1 is 1.25 bits per heavy atom. The monoisotopic (exact) mass is 189 g/mol. The molecule has 0 amide bonds. The summed E-state index contributed by atoms with van der Waals surface area (Å²) in [5, 5.41) is -0.0617. The predicted molar refractivity (Wildman–Crippen MR) is 47.3 cm³/mol. The predicted octanol–water partition coefficient (Wildman–Crippen LogP) is 0.867. The lowest BCUT2D eigenvalue weighted by Gasteiger charge is -2.32. The fraction of sp³-hybridized carbons (Fsp3) is 1.00. The van der Waals surface area contributed by atoms with Gasteiger partial charge in [0.2, 0.25) is 10.0 Å². The van der Waals surface area contributed by atoms with E-state index in [1.165, 1.54) is 0 Å². The molecule has 3 nitrogen and oxygen atoms in total. The summed E-state index contributed by atoms with van der Waals surface area (Å²) in [5.74, 6) is 0.705. The quantitative estimate of drug-likeness (QED) is 0.716. The summed E-state index contributed by atoms with van der Waals surface area (Å²) in [6.45, 7) is 2.15. The third-order valence-corrected chi connectivity index (χ3v) is 4.68. The molecule has 0 aromatic rings. The van der Waals surface area contributed by atoms with Crippen LogP contribution in [0.2, 0.25) is 0 Å². The Hall–Kier alpha value is -0.0900. The molecule has 0 aromatic carbocycles. The molecule has 0 heterocycles. The minimum absolute atomic E-state index is 0.0617. The molecule has 0 atom stereocenters. The topological polar surface area (TPSA) is 46.2 Å². The number of rotatable bonds is 3. The Morgan fingerprint density at radius 2 is 1.83 bits per heavy atom. The summed E-state index contributed by atoms with van der Waals surface area (Å²) in [5.41, 5.74) is 0. The van der Waals surface area contributed by atoms with Crippen LogP contribution < -0.4 is 4.72 Å². The summed E-state index contributed by atoms with van der Waals surface area (Å²) < 4.78 is 25.5. The minimum Gasteiger partial charge on any atom is -0.212 e. The zero-order valence-corrected chi connectivity index (χ0v) is 8.10. The molecule has 4 heteroatoms. The van der Waals surface area contributed by atoms with Gasteiger partial charge >= 0.3 is 0 Å². The van der Waals surface area contributed by atoms with Crippen LogP contribution in [0.4, 0.5) is 0 Å². The summed E-state index contributed by atoms with van der Waals surface area (Å²) in [4.78, 5) is 0. The van der Waals surface area contributed by atoms with Gasteiger partial charge in [0.25, 0.3) is 0 Å². The van der Waals surface area contributed by atoms with E-state index in [1.807, 2.05) is 0 Å². The molecule has 0 radical (unpaired) electrons. The molecular formula is C8H15NO2S. The van der Waals surface area contributed by atoms with E-state index in [4.69, 9.17) is 0 Å². The van der Waals surface area contributed by atoms with Gasteiger partial charge in [-0.15, -0.1) is 0 Å². The Kier molecular flexibility index (Phi) is 1.92. The third-order valence-electron chi connectivity index (χ3n) is 2.67. The van der Waals surface area contributed by atoms with Gasteiger partial charge in [-0.25, -0.2) is 13.1 Å². The lowest BCUT2D eigenvalue weighted by molar-refractivity contribution is 0.270. The van der Waals surface area contributed by atoms with Crippen molar-refractivity contribution >= 4 is 10.0 Å². The second kappa shape index (κ2) is 2.70. The first-order chi connectivity index (χ1) is 5.58. The number of hydrogen-bond donors (Lipinski definition) is 1. The molecule has 2 fully saturated rings. The number of sulfonamides is 1. The van der Waals surface area contributed by atoms with Gasteiger partial charge in [-0.2, -0.15) is 0 Å². The molecule has 0 aromatic heterocycles. The Morgan fingerprint density at radius 3 is 2.25 bits per heavy atom. The van der Waals surface area contributed by atoms with Crippen molar-refractivity contribution in [1.82, 2.24) is 4.72 Å². The summed E-state index contributed by atoms with van der Waals surface area (Å²) in [6, 6.07) is 0.241. The minimum atomic E-state index is -2.92. The maximum Gasteiger partial charge on any atom is 0.214 e. The Balaban J connectivity index is 1.86. The zero-order valence-electron chi connectivity index (χ0n) is 7.29. The smallest absolute Gasteiger partial charge is 0.212 e. The van der Waals surface area contributed by atoms with Crippen molar-refractivity contribution in [3.63, 3.8) is 0 Å². The fourth-order valence-corrected chi connectivity index (χ4v) is 3.31. The van der Waals surface area contributed by atoms with Crippen LogP contribution in [-0.2, 0) is 10.0 Å². The van der Waals surface area contributed by atoms with E-state index < -0.39 is 10.0 Å². The van der Waals surface area contributed by atoms with E-state index in [0.29, 0.717) is 5.92 Å². The molecule has 0 saturated heterocycles. The lowest BCUT2D eigenvalue weighted by atomic mass is 9.83. The lowest BCUT2D eigenvalue weighted by Crippen LogP contribution is -2.44. The highest BCUT2D eigenvalue weighted by molar-refractivity contribution is 7.90. The van der Waals surface area contributed by atoms with Crippen LogP contribution in [0.3, 0.4) is 0 Å². The first-order valence-corrected chi connectivity index (χ1v) is 6.13. The molecule has 2 saturated carbocycles. The van der Waals surface area contributed by atoms with E-state index in [9.17, 15) is 8.42 Å². The first-order valence-electron chi connectivity index (χ1n) is 4.59. The second-order valence-corrected chi connectivity index (χ2v) is 6.13. The molecule has 1 N–H and O–H groups in total. The highest BCUT2D eigenvalue weighted by Gasteiger charge is 2.39. The van der Waals surface area contributed by atoms with E-state index in [-0.39, 0.29) is 11.3 Å². The van der Waals surface area contributed by atoms with Crippen LogP contribution in [0.15, 0.2) is 0 Å². The molecule has 2 rings (SSSR count). The average molecular weight is 189 g/mol. The number of hydrogen-bond acceptors (Lipinski definition) is 2. The van der Waals surface area contributed by atoms with E-state index >= 15 is 0 Å². The standard InChI is InChI=1S/C8H15NO2S/c1-6-4-7(5-6)9-12(10,11)8-2-3-8/h6-9H,2-5H2,1H3. The zero-order chi connectivity index (χ0) is 8.77. The van der Waals surface area contributed by atoms with Crippen LogP contribution in [0.1, 0.15) is 32.6 Å². The maximum atomic E-state index is 11.4. The Bertz CT molecular complexity index is 263. The fourth-order valence-electron chi connectivity index (χ4n) is 1.71. The van der Waals surface area contributed by atoms with Gasteiger partial charge < -0.3 is 0 Å².